The van der Waals surface area contributed by atoms with Crippen LogP contribution in [0, 0.1) is 0 Å². The molecule has 0 spiro atoms. The molecule has 21 heavy (non-hydrogen) atoms. The quantitative estimate of drug-likeness (QED) is 0.635. The summed E-state index contributed by atoms with van der Waals surface area (Å²) in [5.41, 5.74) is 3.42. The SMILES string of the molecule is CCCOc1cccc(/C=N\Nc2cn[nH]c(=O)c2Cl)c1. The largest absolute Gasteiger partial charge is 0.494 e. The van der Waals surface area contributed by atoms with Crippen LogP contribution < -0.4 is 15.7 Å². The summed E-state index contributed by atoms with van der Waals surface area (Å²) in [6.45, 7) is 2.72. The van der Waals surface area contributed by atoms with Crippen molar-refractivity contribution in [1.29, 1.82) is 0 Å². The monoisotopic (exact) mass is 306 g/mol. The number of hydrazone groups is 1. The van der Waals surface area contributed by atoms with E-state index in [0.29, 0.717) is 12.3 Å². The molecule has 0 aliphatic heterocycles. The van der Waals surface area contributed by atoms with Crippen molar-refractivity contribution in [2.24, 2.45) is 5.10 Å². The summed E-state index contributed by atoms with van der Waals surface area (Å²) in [4.78, 5) is 11.3. The van der Waals surface area contributed by atoms with Crippen LogP contribution in [0.15, 0.2) is 40.4 Å². The Morgan fingerprint density at radius 1 is 1.52 bits per heavy atom. The van der Waals surface area contributed by atoms with Crippen molar-refractivity contribution < 1.29 is 4.74 Å². The van der Waals surface area contributed by atoms with Gasteiger partial charge in [-0.3, -0.25) is 10.2 Å². The van der Waals surface area contributed by atoms with Crippen LogP contribution in [-0.4, -0.2) is 23.0 Å². The normalized spacial score (nSPS) is 10.8. The van der Waals surface area contributed by atoms with Gasteiger partial charge >= 0.3 is 0 Å². The number of nitrogens with zero attached hydrogens (tertiary/aromatic N) is 2. The summed E-state index contributed by atoms with van der Waals surface area (Å²) in [5, 5.41) is 9.91. The molecule has 1 aromatic carbocycles. The topological polar surface area (TPSA) is 79.4 Å². The highest BCUT2D eigenvalue weighted by Crippen LogP contribution is 2.15. The van der Waals surface area contributed by atoms with Crippen molar-refractivity contribution in [3.8, 4) is 5.75 Å². The van der Waals surface area contributed by atoms with Crippen molar-refractivity contribution in [2.45, 2.75) is 13.3 Å². The number of nitrogens with one attached hydrogen (secondary N) is 2. The lowest BCUT2D eigenvalue weighted by Crippen LogP contribution is -2.10. The number of halogens is 1. The number of aromatic amines is 1. The molecule has 0 radical (unpaired) electrons. The molecule has 1 heterocycles. The Morgan fingerprint density at radius 2 is 2.38 bits per heavy atom. The Kier molecular flexibility index (Phi) is 5.34. The highest BCUT2D eigenvalue weighted by atomic mass is 35.5. The fraction of sp³-hybridized carbons (Fsp3) is 0.214. The molecule has 2 N–H and O–H groups in total. The summed E-state index contributed by atoms with van der Waals surface area (Å²) >= 11 is 5.82. The van der Waals surface area contributed by atoms with Gasteiger partial charge in [-0.1, -0.05) is 30.7 Å². The number of hydrogen-bond acceptors (Lipinski definition) is 5. The van der Waals surface area contributed by atoms with Gasteiger partial charge in [0.25, 0.3) is 5.56 Å². The first-order valence-corrected chi connectivity index (χ1v) is 6.83. The molecule has 7 heteroatoms. The zero-order valence-corrected chi connectivity index (χ0v) is 12.2. The summed E-state index contributed by atoms with van der Waals surface area (Å²) in [6.07, 6.45) is 3.95. The molecule has 1 aromatic heterocycles. The first-order chi connectivity index (χ1) is 10.2. The lowest BCUT2D eigenvalue weighted by molar-refractivity contribution is 0.317. The predicted molar refractivity (Wildman–Crippen MR) is 83.3 cm³/mol. The Labute approximate surface area is 126 Å². The third kappa shape index (κ3) is 4.32. The second kappa shape index (κ2) is 7.44. The number of H-pyrrole nitrogens is 1. The second-order valence-corrected chi connectivity index (χ2v) is 4.60. The van der Waals surface area contributed by atoms with Crippen molar-refractivity contribution >= 4 is 23.5 Å². The molecule has 0 aliphatic carbocycles. The Hall–Kier alpha value is -2.34. The van der Waals surface area contributed by atoms with Crippen LogP contribution in [0.3, 0.4) is 0 Å². The molecule has 0 unspecified atom stereocenters. The third-order valence-electron chi connectivity index (χ3n) is 2.53. The van der Waals surface area contributed by atoms with Gasteiger partial charge in [-0.15, -0.1) is 0 Å². The predicted octanol–water partition coefficient (Wildman–Crippen LogP) is 2.66. The van der Waals surface area contributed by atoms with Crippen LogP contribution in [-0.2, 0) is 0 Å². The number of ether oxygens (including phenoxy) is 1. The standard InChI is InChI=1S/C14H15ClN4O2/c1-2-6-21-11-5-3-4-10(7-11)8-16-18-12-9-17-19-14(20)13(12)15/h3-5,7-9H,2,6H2,1H3,(H2,18,19,20)/b16-8-. The molecule has 0 saturated carbocycles. The molecule has 6 nitrogen and oxygen atoms in total. The van der Waals surface area contributed by atoms with Gasteiger partial charge < -0.3 is 4.74 Å². The molecule has 0 amide bonds. The van der Waals surface area contributed by atoms with E-state index < -0.39 is 5.56 Å². The number of hydrogen-bond donors (Lipinski definition) is 2. The van der Waals surface area contributed by atoms with Gasteiger partial charge in [-0.2, -0.15) is 10.2 Å². The lowest BCUT2D eigenvalue weighted by Gasteiger charge is -2.04. The minimum absolute atomic E-state index is 0.0159. The van der Waals surface area contributed by atoms with E-state index in [1.807, 2.05) is 24.3 Å². The second-order valence-electron chi connectivity index (χ2n) is 4.22. The third-order valence-corrected chi connectivity index (χ3v) is 2.90. The summed E-state index contributed by atoms with van der Waals surface area (Å²) in [7, 11) is 0. The van der Waals surface area contributed by atoms with Gasteiger partial charge in [0.15, 0.2) is 0 Å². The number of benzene rings is 1. The van der Waals surface area contributed by atoms with Crippen LogP contribution in [0.2, 0.25) is 5.02 Å². The van der Waals surface area contributed by atoms with E-state index >= 15 is 0 Å². The molecule has 2 rings (SSSR count). The highest BCUT2D eigenvalue weighted by molar-refractivity contribution is 6.32. The fourth-order valence-corrected chi connectivity index (χ4v) is 1.68. The van der Waals surface area contributed by atoms with Gasteiger partial charge in [-0.05, 0) is 24.1 Å². The zero-order valence-electron chi connectivity index (χ0n) is 11.5. The van der Waals surface area contributed by atoms with E-state index in [1.165, 1.54) is 6.20 Å². The van der Waals surface area contributed by atoms with Crippen LogP contribution in [0.5, 0.6) is 5.75 Å². The minimum Gasteiger partial charge on any atom is -0.494 e. The maximum atomic E-state index is 11.3. The minimum atomic E-state index is -0.466. The summed E-state index contributed by atoms with van der Waals surface area (Å²) in [6, 6.07) is 7.53. The Balaban J connectivity index is 2.04. The van der Waals surface area contributed by atoms with Crippen molar-refractivity contribution in [3.05, 3.63) is 51.4 Å². The summed E-state index contributed by atoms with van der Waals surface area (Å²) < 4.78 is 5.54. The molecular formula is C14H15ClN4O2. The molecule has 0 saturated heterocycles. The van der Waals surface area contributed by atoms with Gasteiger partial charge in [0.2, 0.25) is 0 Å². The van der Waals surface area contributed by atoms with Gasteiger partial charge in [0.1, 0.15) is 16.5 Å². The van der Waals surface area contributed by atoms with E-state index in [2.05, 4.69) is 27.6 Å². The molecule has 0 fully saturated rings. The first-order valence-electron chi connectivity index (χ1n) is 6.46. The average Bonchev–Trinajstić information content (AvgIpc) is 2.50. The van der Waals surface area contributed by atoms with E-state index in [9.17, 15) is 4.79 Å². The summed E-state index contributed by atoms with van der Waals surface area (Å²) in [5.74, 6) is 0.789. The molecular weight excluding hydrogens is 292 g/mol. The molecule has 110 valence electrons. The van der Waals surface area contributed by atoms with Gasteiger partial charge in [0.05, 0.1) is 19.0 Å². The zero-order chi connectivity index (χ0) is 15.1. The highest BCUT2D eigenvalue weighted by Gasteiger charge is 2.02. The molecule has 0 atom stereocenters. The number of rotatable bonds is 6. The van der Waals surface area contributed by atoms with Crippen molar-refractivity contribution in [2.75, 3.05) is 12.0 Å². The average molecular weight is 307 g/mol. The Bertz CT molecular complexity index is 685. The van der Waals surface area contributed by atoms with Crippen molar-refractivity contribution in [3.63, 3.8) is 0 Å². The van der Waals surface area contributed by atoms with Crippen molar-refractivity contribution in [1.82, 2.24) is 10.2 Å². The molecule has 0 bridgehead atoms. The number of aromatic nitrogens is 2. The van der Waals surface area contributed by atoms with Crippen LogP contribution >= 0.6 is 11.6 Å². The van der Waals surface area contributed by atoms with Crippen LogP contribution in [0.25, 0.3) is 0 Å². The molecule has 0 aliphatic rings. The van der Waals surface area contributed by atoms with Crippen LogP contribution in [0.4, 0.5) is 5.69 Å². The maximum Gasteiger partial charge on any atom is 0.285 e. The van der Waals surface area contributed by atoms with E-state index in [4.69, 9.17) is 16.3 Å². The smallest absolute Gasteiger partial charge is 0.285 e. The Morgan fingerprint density at radius 3 is 3.19 bits per heavy atom. The van der Waals surface area contributed by atoms with Gasteiger partial charge in [-0.25, -0.2) is 5.10 Å². The maximum absolute atomic E-state index is 11.3. The number of anilines is 1. The van der Waals surface area contributed by atoms with E-state index in [0.717, 1.165) is 17.7 Å². The lowest BCUT2D eigenvalue weighted by atomic mass is 10.2. The first kappa shape index (κ1) is 15.1. The van der Waals surface area contributed by atoms with E-state index in [1.54, 1.807) is 6.21 Å². The fourth-order valence-electron chi connectivity index (χ4n) is 1.54. The van der Waals surface area contributed by atoms with Crippen LogP contribution in [0.1, 0.15) is 18.9 Å². The van der Waals surface area contributed by atoms with E-state index in [-0.39, 0.29) is 5.02 Å². The van der Waals surface area contributed by atoms with Gasteiger partial charge in [0, 0.05) is 0 Å². The molecule has 2 aromatic rings.